The van der Waals surface area contributed by atoms with Crippen molar-refractivity contribution < 1.29 is 23.8 Å². The molecule has 0 radical (unpaired) electrons. The maximum atomic E-state index is 13.9. The lowest BCUT2D eigenvalue weighted by molar-refractivity contribution is -0.136. The number of carbonyl (C=O) groups excluding carboxylic acids is 2. The summed E-state index contributed by atoms with van der Waals surface area (Å²) in [4.78, 5) is 25.3. The Hall–Kier alpha value is -2.12. The molecule has 0 bridgehead atoms. The largest absolute Gasteiger partial charge is 0.466 e. The van der Waals surface area contributed by atoms with Crippen molar-refractivity contribution in [1.82, 2.24) is 4.90 Å². The van der Waals surface area contributed by atoms with Crippen LogP contribution in [0.4, 0.5) is 10.1 Å². The molecule has 1 aromatic carbocycles. The number of aliphatic hydroxyl groups is 1. The van der Waals surface area contributed by atoms with E-state index in [9.17, 15) is 14.0 Å². The van der Waals surface area contributed by atoms with Crippen LogP contribution in [-0.4, -0.2) is 48.7 Å². The number of amides is 1. The zero-order valence-corrected chi connectivity index (χ0v) is 12.5. The minimum Gasteiger partial charge on any atom is -0.466 e. The van der Waals surface area contributed by atoms with Crippen LogP contribution in [0.1, 0.15) is 0 Å². The topological polar surface area (TPSA) is 78.9 Å². The highest BCUT2D eigenvalue weighted by Gasteiger charge is 2.34. The van der Waals surface area contributed by atoms with E-state index in [4.69, 9.17) is 16.7 Å². The number of carbonyl (C=O) groups is 2. The molecule has 1 amide bonds. The van der Waals surface area contributed by atoms with E-state index in [1.807, 2.05) is 0 Å². The standard InChI is InChI=1S/C14H14ClFN2O4/c1-22-14(21)8-7-18(5-6-19)13(20)12(8)17-10-4-2-3-9(15)11(10)16/h2-4,17,19H,5-7H2,1H3. The Kier molecular flexibility index (Phi) is 4.99. The number of rotatable bonds is 5. The summed E-state index contributed by atoms with van der Waals surface area (Å²) in [5, 5.41) is 11.4. The first kappa shape index (κ1) is 16.3. The molecule has 0 aliphatic carbocycles. The lowest BCUT2D eigenvalue weighted by atomic mass is 10.2. The smallest absolute Gasteiger partial charge is 0.337 e. The number of hydrogen-bond acceptors (Lipinski definition) is 5. The highest BCUT2D eigenvalue weighted by atomic mass is 35.5. The number of benzene rings is 1. The molecule has 6 nitrogen and oxygen atoms in total. The van der Waals surface area contributed by atoms with Crippen molar-refractivity contribution >= 4 is 29.2 Å². The van der Waals surface area contributed by atoms with Gasteiger partial charge in [-0.15, -0.1) is 0 Å². The average Bonchev–Trinajstić information content (AvgIpc) is 2.81. The molecule has 1 heterocycles. The number of nitrogens with zero attached hydrogens (tertiary/aromatic N) is 1. The van der Waals surface area contributed by atoms with Gasteiger partial charge in [0, 0.05) is 6.54 Å². The quantitative estimate of drug-likeness (QED) is 0.793. The van der Waals surface area contributed by atoms with E-state index in [2.05, 4.69) is 10.1 Å². The summed E-state index contributed by atoms with van der Waals surface area (Å²) in [5.41, 5.74) is -0.0371. The predicted octanol–water partition coefficient (Wildman–Crippen LogP) is 1.15. The van der Waals surface area contributed by atoms with E-state index in [0.29, 0.717) is 0 Å². The van der Waals surface area contributed by atoms with Crippen LogP contribution < -0.4 is 5.32 Å². The van der Waals surface area contributed by atoms with E-state index in [-0.39, 0.29) is 41.7 Å². The van der Waals surface area contributed by atoms with Gasteiger partial charge >= 0.3 is 5.97 Å². The molecule has 1 aliphatic heterocycles. The summed E-state index contributed by atoms with van der Waals surface area (Å²) >= 11 is 5.69. The molecule has 0 fully saturated rings. The Morgan fingerprint density at radius 1 is 1.55 bits per heavy atom. The normalized spacial score (nSPS) is 14.5. The van der Waals surface area contributed by atoms with Crippen LogP contribution >= 0.6 is 11.6 Å². The summed E-state index contributed by atoms with van der Waals surface area (Å²) in [6, 6.07) is 4.27. The van der Waals surface area contributed by atoms with Gasteiger partial charge in [0.05, 0.1) is 36.5 Å². The fraction of sp³-hybridized carbons (Fsp3) is 0.286. The van der Waals surface area contributed by atoms with Gasteiger partial charge in [0.1, 0.15) is 5.70 Å². The van der Waals surface area contributed by atoms with E-state index in [0.717, 1.165) is 0 Å². The maximum absolute atomic E-state index is 13.9. The number of ether oxygens (including phenoxy) is 1. The number of methoxy groups -OCH3 is 1. The second kappa shape index (κ2) is 6.76. The van der Waals surface area contributed by atoms with Crippen LogP contribution in [-0.2, 0) is 14.3 Å². The third-order valence-corrected chi connectivity index (χ3v) is 3.46. The second-order valence-electron chi connectivity index (χ2n) is 4.52. The highest BCUT2D eigenvalue weighted by molar-refractivity contribution is 6.31. The molecule has 1 aromatic rings. The lowest BCUT2D eigenvalue weighted by Gasteiger charge is -2.15. The molecule has 0 spiro atoms. The number of nitrogens with one attached hydrogen (secondary N) is 1. The predicted molar refractivity (Wildman–Crippen MR) is 77.7 cm³/mol. The molecular formula is C14H14ClFN2O4. The summed E-state index contributed by atoms with van der Waals surface area (Å²) in [7, 11) is 1.19. The fourth-order valence-electron chi connectivity index (χ4n) is 2.08. The van der Waals surface area contributed by atoms with Gasteiger partial charge in [-0.25, -0.2) is 9.18 Å². The van der Waals surface area contributed by atoms with Crippen molar-refractivity contribution in [3.8, 4) is 0 Å². The van der Waals surface area contributed by atoms with Gasteiger partial charge < -0.3 is 20.1 Å². The average molecular weight is 329 g/mol. The molecule has 22 heavy (non-hydrogen) atoms. The molecule has 0 aromatic heterocycles. The highest BCUT2D eigenvalue weighted by Crippen LogP contribution is 2.27. The molecular weight excluding hydrogens is 315 g/mol. The SMILES string of the molecule is COC(=O)C1=C(Nc2cccc(Cl)c2F)C(=O)N(CCO)C1. The number of hydrogen-bond donors (Lipinski definition) is 2. The molecule has 0 unspecified atom stereocenters. The first-order chi connectivity index (χ1) is 10.5. The third kappa shape index (κ3) is 3.05. The van der Waals surface area contributed by atoms with Crippen molar-refractivity contribution in [2.75, 3.05) is 32.1 Å². The van der Waals surface area contributed by atoms with Crippen molar-refractivity contribution in [1.29, 1.82) is 0 Å². The maximum Gasteiger partial charge on any atom is 0.337 e. The van der Waals surface area contributed by atoms with Gasteiger partial charge in [0.25, 0.3) is 5.91 Å². The minimum absolute atomic E-state index is 0.0173. The van der Waals surface area contributed by atoms with Crippen LogP contribution in [0.3, 0.4) is 0 Å². The van der Waals surface area contributed by atoms with Gasteiger partial charge in [0.2, 0.25) is 0 Å². The zero-order chi connectivity index (χ0) is 16.3. The van der Waals surface area contributed by atoms with Crippen molar-refractivity contribution in [3.05, 3.63) is 40.3 Å². The summed E-state index contributed by atoms with van der Waals surface area (Å²) in [5.74, 6) is -1.94. The van der Waals surface area contributed by atoms with Gasteiger partial charge in [-0.05, 0) is 12.1 Å². The van der Waals surface area contributed by atoms with E-state index in [1.165, 1.54) is 30.2 Å². The molecule has 0 atom stereocenters. The van der Waals surface area contributed by atoms with Crippen LogP contribution in [0.25, 0.3) is 0 Å². The van der Waals surface area contributed by atoms with E-state index >= 15 is 0 Å². The van der Waals surface area contributed by atoms with Gasteiger partial charge in [-0.2, -0.15) is 0 Å². The minimum atomic E-state index is -0.728. The molecule has 0 saturated heterocycles. The van der Waals surface area contributed by atoms with Crippen molar-refractivity contribution in [2.45, 2.75) is 0 Å². The molecule has 2 N–H and O–H groups in total. The Morgan fingerprint density at radius 3 is 2.91 bits per heavy atom. The van der Waals surface area contributed by atoms with Crippen molar-refractivity contribution in [3.63, 3.8) is 0 Å². The Bertz CT molecular complexity index is 648. The van der Waals surface area contributed by atoms with Gasteiger partial charge in [-0.3, -0.25) is 4.79 Å². The molecule has 118 valence electrons. The van der Waals surface area contributed by atoms with Crippen LogP contribution in [0.2, 0.25) is 5.02 Å². The van der Waals surface area contributed by atoms with Gasteiger partial charge in [-0.1, -0.05) is 17.7 Å². The lowest BCUT2D eigenvalue weighted by Crippen LogP contribution is -2.31. The monoisotopic (exact) mass is 328 g/mol. The zero-order valence-electron chi connectivity index (χ0n) is 11.7. The number of β-amino-alcohol motifs (C(OH)–C–C–N with tert-alkyl or cyclic N) is 1. The van der Waals surface area contributed by atoms with E-state index in [1.54, 1.807) is 0 Å². The van der Waals surface area contributed by atoms with Crippen molar-refractivity contribution in [2.24, 2.45) is 0 Å². The first-order valence-electron chi connectivity index (χ1n) is 6.42. The molecule has 0 saturated carbocycles. The fourth-order valence-corrected chi connectivity index (χ4v) is 2.26. The van der Waals surface area contributed by atoms with Crippen LogP contribution in [0.5, 0.6) is 0 Å². The first-order valence-corrected chi connectivity index (χ1v) is 6.80. The molecule has 2 rings (SSSR count). The summed E-state index contributed by atoms with van der Waals surface area (Å²) in [6.07, 6.45) is 0. The third-order valence-electron chi connectivity index (χ3n) is 3.16. The Balaban J connectivity index is 2.37. The van der Waals surface area contributed by atoms with E-state index < -0.39 is 17.7 Å². The molecule has 8 heteroatoms. The number of anilines is 1. The van der Waals surface area contributed by atoms with Crippen LogP contribution in [0, 0.1) is 5.82 Å². The summed E-state index contributed by atoms with van der Waals surface area (Å²) < 4.78 is 18.6. The van der Waals surface area contributed by atoms with Gasteiger partial charge in [0.15, 0.2) is 5.82 Å². The number of halogens is 2. The Morgan fingerprint density at radius 2 is 2.27 bits per heavy atom. The molecule has 1 aliphatic rings. The number of aliphatic hydroxyl groups excluding tert-OH is 1. The number of esters is 1. The second-order valence-corrected chi connectivity index (χ2v) is 4.93. The van der Waals surface area contributed by atoms with Crippen LogP contribution in [0.15, 0.2) is 29.5 Å². The Labute approximate surface area is 131 Å². The summed E-state index contributed by atoms with van der Waals surface area (Å²) in [6.45, 7) is -0.210.